The number of rotatable bonds is 4. The number of benzene rings is 1. The molecule has 0 aliphatic heterocycles. The summed E-state index contributed by atoms with van der Waals surface area (Å²) in [5, 5.41) is 0. The molecule has 1 atom stereocenters. The van der Waals surface area contributed by atoms with Crippen molar-refractivity contribution in [1.82, 2.24) is 0 Å². The van der Waals surface area contributed by atoms with Gasteiger partial charge in [-0.05, 0) is 0 Å². The second-order valence-corrected chi connectivity index (χ2v) is 11.0. The molecule has 0 amide bonds. The van der Waals surface area contributed by atoms with Gasteiger partial charge in [-0.3, -0.25) is 0 Å². The fourth-order valence-electron chi connectivity index (χ4n) is 1.59. The van der Waals surface area contributed by atoms with Crippen LogP contribution in [0.15, 0.2) is 52.4 Å². The molecule has 1 aliphatic rings. The molecule has 1 aromatic carbocycles. The zero-order valence-electron chi connectivity index (χ0n) is 9.50. The standard InChI is InChI=1S/C7H8P.C5H5.CH2.2ClH.Ti/c8-6-7-4-2-1-3-5-7;1-2-4-5-3-1;;;;/h1-5,8H,6H2;1-3H,4H2;1H2;2*1H;/q-1;;;;;+3/p-2. The first kappa shape index (κ1) is 17.3. The molecule has 4 heteroatoms. The predicted octanol–water partition coefficient (Wildman–Crippen LogP) is -2.32. The largest absolute Gasteiger partial charge is 1.00 e. The van der Waals surface area contributed by atoms with E-state index in [9.17, 15) is 0 Å². The molecule has 2 rings (SSSR count). The van der Waals surface area contributed by atoms with Gasteiger partial charge in [0.1, 0.15) is 0 Å². The van der Waals surface area contributed by atoms with Crippen LogP contribution < -0.4 is 24.8 Å². The average Bonchev–Trinajstić information content (AvgIpc) is 2.81. The Labute approximate surface area is 123 Å². The van der Waals surface area contributed by atoms with Gasteiger partial charge < -0.3 is 24.8 Å². The van der Waals surface area contributed by atoms with Gasteiger partial charge in [-0.25, -0.2) is 0 Å². The second-order valence-electron chi connectivity index (χ2n) is 3.64. The van der Waals surface area contributed by atoms with E-state index in [0.717, 1.165) is 6.57 Å². The first-order valence-corrected chi connectivity index (χ1v) is 10.6. The van der Waals surface area contributed by atoms with Crippen molar-refractivity contribution in [3.05, 3.63) is 58.0 Å². The van der Waals surface area contributed by atoms with Gasteiger partial charge in [0.25, 0.3) is 0 Å². The van der Waals surface area contributed by atoms with Gasteiger partial charge in [0.05, 0.1) is 0 Å². The van der Waals surface area contributed by atoms with Crippen LogP contribution in [0.5, 0.6) is 0 Å². The van der Waals surface area contributed by atoms with Gasteiger partial charge in [0, 0.05) is 0 Å². The van der Waals surface area contributed by atoms with Gasteiger partial charge >= 0.3 is 98.9 Å². The first-order valence-electron chi connectivity index (χ1n) is 5.19. The molecular formula is C13H15Cl2PTi. The Morgan fingerprint density at radius 2 is 1.88 bits per heavy atom. The quantitative estimate of drug-likeness (QED) is 0.432. The maximum atomic E-state index is 4.41. The van der Waals surface area contributed by atoms with Crippen LogP contribution in [0, 0.1) is 0 Å². The van der Waals surface area contributed by atoms with E-state index in [1.165, 1.54) is 18.1 Å². The minimum atomic E-state index is -1.12. The maximum Gasteiger partial charge on any atom is -1.00 e. The Morgan fingerprint density at radius 1 is 1.18 bits per heavy atom. The first-order chi connectivity index (χ1) is 7.36. The van der Waals surface area contributed by atoms with Crippen LogP contribution in [0.3, 0.4) is 0 Å². The summed E-state index contributed by atoms with van der Waals surface area (Å²) in [5.41, 5.74) is 1.47. The van der Waals surface area contributed by atoms with Crippen molar-refractivity contribution in [1.29, 1.82) is 0 Å². The third-order valence-electron chi connectivity index (χ3n) is 2.51. The van der Waals surface area contributed by atoms with E-state index in [-0.39, 0.29) is 24.8 Å². The van der Waals surface area contributed by atoms with Crippen molar-refractivity contribution >= 4 is 11.4 Å². The summed E-state index contributed by atoms with van der Waals surface area (Å²) in [6.07, 6.45) is 9.14. The van der Waals surface area contributed by atoms with E-state index < -0.39 is 16.9 Å². The summed E-state index contributed by atoms with van der Waals surface area (Å²) < 4.78 is 1.66. The summed E-state index contributed by atoms with van der Waals surface area (Å²) in [6, 6.07) is 10.8. The van der Waals surface area contributed by atoms with Crippen LogP contribution in [0.1, 0.15) is 12.0 Å². The van der Waals surface area contributed by atoms with Crippen LogP contribution in [-0.2, 0) is 23.1 Å². The zero-order valence-corrected chi connectivity index (χ0v) is 13.6. The van der Waals surface area contributed by atoms with Crippen LogP contribution in [0.25, 0.3) is 0 Å². The minimum absolute atomic E-state index is 0. The SMILES string of the molecule is [CH2]=[Ti+2]([PH]Cc1ccccc1)[C]1=CC=CC1.[Cl-].[Cl-]. The van der Waals surface area contributed by atoms with Crippen molar-refractivity contribution in [2.24, 2.45) is 0 Å². The van der Waals surface area contributed by atoms with E-state index in [1.54, 1.807) is 3.88 Å². The van der Waals surface area contributed by atoms with E-state index in [0.29, 0.717) is 0 Å². The maximum absolute atomic E-state index is 4.41. The van der Waals surface area contributed by atoms with Gasteiger partial charge in [-0.1, -0.05) is 0 Å². The minimum Gasteiger partial charge on any atom is -1.00 e. The molecule has 0 saturated carbocycles. The topological polar surface area (TPSA) is 0 Å². The molecule has 0 saturated heterocycles. The molecule has 0 heterocycles. The third-order valence-corrected chi connectivity index (χ3v) is 9.46. The van der Waals surface area contributed by atoms with Crippen molar-refractivity contribution in [2.45, 2.75) is 12.6 Å². The monoisotopic (exact) mass is 320 g/mol. The van der Waals surface area contributed by atoms with Crippen LogP contribution in [0.2, 0.25) is 0 Å². The van der Waals surface area contributed by atoms with Gasteiger partial charge in [0.15, 0.2) is 0 Å². The van der Waals surface area contributed by atoms with Gasteiger partial charge in [-0.15, -0.1) is 0 Å². The van der Waals surface area contributed by atoms with Gasteiger partial charge in [0.2, 0.25) is 0 Å². The Kier molecular flexibility index (Phi) is 9.41. The summed E-state index contributed by atoms with van der Waals surface area (Å²) in [5.74, 6) is 0. The molecule has 0 fully saturated rings. The molecular weight excluding hydrogens is 306 g/mol. The number of halogens is 2. The molecule has 1 aromatic rings. The molecule has 0 radical (unpaired) electrons. The van der Waals surface area contributed by atoms with E-state index in [1.807, 2.05) is 0 Å². The number of hydrogen-bond acceptors (Lipinski definition) is 0. The van der Waals surface area contributed by atoms with Crippen LogP contribution in [0.4, 0.5) is 0 Å². The van der Waals surface area contributed by atoms with Gasteiger partial charge in [-0.2, -0.15) is 0 Å². The summed E-state index contributed by atoms with van der Waals surface area (Å²) in [6.45, 7) is 1.06. The van der Waals surface area contributed by atoms with Crippen molar-refractivity contribution in [2.75, 3.05) is 0 Å². The third kappa shape index (κ3) is 5.64. The predicted molar refractivity (Wildman–Crippen MR) is 67.4 cm³/mol. The fraction of sp³-hybridized carbons (Fsp3) is 0.154. The van der Waals surface area contributed by atoms with Crippen molar-refractivity contribution in [3.63, 3.8) is 0 Å². The molecule has 0 aromatic heterocycles. The van der Waals surface area contributed by atoms with E-state index in [2.05, 4.69) is 53.4 Å². The summed E-state index contributed by atoms with van der Waals surface area (Å²) >= 11 is -1.12. The molecule has 90 valence electrons. The van der Waals surface area contributed by atoms with E-state index in [4.69, 9.17) is 0 Å². The molecule has 0 N–H and O–H groups in total. The van der Waals surface area contributed by atoms with Crippen LogP contribution in [-0.4, -0.2) is 4.82 Å². The molecule has 17 heavy (non-hydrogen) atoms. The molecule has 0 bridgehead atoms. The average molecular weight is 321 g/mol. The fourth-order valence-corrected chi connectivity index (χ4v) is 7.29. The number of hydrogen-bond donors (Lipinski definition) is 0. The molecule has 0 spiro atoms. The molecule has 1 aliphatic carbocycles. The summed E-state index contributed by atoms with van der Waals surface area (Å²) in [4.78, 5) is 4.41. The van der Waals surface area contributed by atoms with Crippen molar-refractivity contribution in [3.8, 4) is 0 Å². The zero-order chi connectivity index (χ0) is 10.5. The second kappa shape index (κ2) is 9.25. The Morgan fingerprint density at radius 3 is 2.47 bits per heavy atom. The Hall–Kier alpha value is 0.294. The molecule has 1 unspecified atom stereocenters. The Balaban J connectivity index is 0.00000128. The number of allylic oxidation sites excluding steroid dienone is 4. The molecule has 0 nitrogen and oxygen atoms in total. The smallest absolute Gasteiger partial charge is 1.00 e. The van der Waals surface area contributed by atoms with E-state index >= 15 is 0 Å². The van der Waals surface area contributed by atoms with Crippen molar-refractivity contribution < 1.29 is 41.7 Å². The Bertz CT molecular complexity index is 413. The van der Waals surface area contributed by atoms with Crippen LogP contribution >= 0.6 is 6.57 Å². The summed E-state index contributed by atoms with van der Waals surface area (Å²) in [7, 11) is 0. The normalized spacial score (nSPS) is 12.5.